The van der Waals surface area contributed by atoms with Gasteiger partial charge in [0.15, 0.2) is 0 Å². The number of nitrogens with one attached hydrogen (secondary N) is 1. The smallest absolute Gasteiger partial charge is 0.416 e. The zero-order valence-corrected chi connectivity index (χ0v) is 14.9. The van der Waals surface area contributed by atoms with Crippen molar-refractivity contribution in [3.63, 3.8) is 0 Å². The Hall–Kier alpha value is -3.03. The summed E-state index contributed by atoms with van der Waals surface area (Å²) in [5.41, 5.74) is -5.20. The number of hydrogen-bond acceptors (Lipinski definition) is 5. The first-order chi connectivity index (χ1) is 13.1. The fourth-order valence-electron chi connectivity index (χ4n) is 2.16. The van der Waals surface area contributed by atoms with Crippen LogP contribution >= 0.6 is 0 Å². The molecule has 29 heavy (non-hydrogen) atoms. The zero-order valence-electron chi connectivity index (χ0n) is 14.1. The van der Waals surface area contributed by atoms with E-state index in [-0.39, 0.29) is 23.9 Å². The number of benzene rings is 2. The van der Waals surface area contributed by atoms with E-state index in [9.17, 15) is 44.9 Å². The second-order valence-electron chi connectivity index (χ2n) is 5.49. The predicted molar refractivity (Wildman–Crippen MR) is 86.9 cm³/mol. The third kappa shape index (κ3) is 5.07. The molecule has 0 heterocycles. The molecule has 0 saturated heterocycles. The van der Waals surface area contributed by atoms with Gasteiger partial charge in [-0.3, -0.25) is 14.8 Å². The van der Waals surface area contributed by atoms with Crippen molar-refractivity contribution >= 4 is 21.4 Å². The van der Waals surface area contributed by atoms with Crippen LogP contribution in [0.5, 0.6) is 5.75 Å². The first-order valence-corrected chi connectivity index (χ1v) is 8.78. The summed E-state index contributed by atoms with van der Waals surface area (Å²) in [5, 5.41) is 11.1. The van der Waals surface area contributed by atoms with Gasteiger partial charge in [-0.05, 0) is 30.3 Å². The van der Waals surface area contributed by atoms with Crippen LogP contribution in [0.4, 0.5) is 37.7 Å². The van der Waals surface area contributed by atoms with E-state index in [4.69, 9.17) is 4.74 Å². The fourth-order valence-corrected chi connectivity index (χ4v) is 3.31. The van der Waals surface area contributed by atoms with Crippen molar-refractivity contribution in [1.29, 1.82) is 0 Å². The summed E-state index contributed by atoms with van der Waals surface area (Å²) in [7, 11) is -3.88. The number of rotatable bonds is 5. The Balaban J connectivity index is 2.61. The number of anilines is 1. The molecule has 2 aromatic carbocycles. The van der Waals surface area contributed by atoms with Gasteiger partial charge in [-0.25, -0.2) is 8.42 Å². The predicted octanol–water partition coefficient (Wildman–Crippen LogP) is 4.44. The monoisotopic (exact) mass is 444 g/mol. The average Bonchev–Trinajstić information content (AvgIpc) is 2.59. The number of sulfonamides is 1. The zero-order chi connectivity index (χ0) is 22.2. The normalized spacial score (nSPS) is 12.5. The molecular weight excluding hydrogens is 434 g/mol. The number of nitro benzene ring substituents is 1. The van der Waals surface area contributed by atoms with Gasteiger partial charge in [-0.15, -0.1) is 0 Å². The summed E-state index contributed by atoms with van der Waals surface area (Å²) in [4.78, 5) is 8.72. The number of hydrogen-bond donors (Lipinski definition) is 1. The van der Waals surface area contributed by atoms with Crippen molar-refractivity contribution in [2.75, 3.05) is 11.8 Å². The Kier molecular flexibility index (Phi) is 5.70. The SMILES string of the molecule is COc1ccc(NS(=O)(=O)c2cc(C(F)(F)F)cc(C(F)(F)F)c2)c([N+](=O)[O-])c1. The van der Waals surface area contributed by atoms with E-state index in [1.54, 1.807) is 4.72 Å². The van der Waals surface area contributed by atoms with Gasteiger partial charge in [0.1, 0.15) is 11.4 Å². The maximum atomic E-state index is 12.9. The second kappa shape index (κ2) is 7.42. The van der Waals surface area contributed by atoms with E-state index in [2.05, 4.69) is 0 Å². The van der Waals surface area contributed by atoms with Crippen LogP contribution in [0, 0.1) is 10.1 Å². The molecule has 0 fully saturated rings. The van der Waals surface area contributed by atoms with E-state index in [1.807, 2.05) is 0 Å². The van der Waals surface area contributed by atoms with Gasteiger partial charge in [0.25, 0.3) is 15.7 Å². The Bertz CT molecular complexity index is 1020. The highest BCUT2D eigenvalue weighted by Gasteiger charge is 2.38. The summed E-state index contributed by atoms with van der Waals surface area (Å²) in [6, 6.07) is 2.56. The molecule has 0 aliphatic rings. The van der Waals surface area contributed by atoms with Gasteiger partial charge in [0.2, 0.25) is 0 Å². The summed E-state index contributed by atoms with van der Waals surface area (Å²) >= 11 is 0. The van der Waals surface area contributed by atoms with Crippen LogP contribution in [-0.2, 0) is 22.4 Å². The lowest BCUT2D eigenvalue weighted by atomic mass is 10.1. The topological polar surface area (TPSA) is 98.5 Å². The molecule has 14 heteroatoms. The van der Waals surface area contributed by atoms with Gasteiger partial charge in [0, 0.05) is 0 Å². The van der Waals surface area contributed by atoms with E-state index in [1.165, 1.54) is 7.11 Å². The third-order valence-corrected chi connectivity index (χ3v) is 4.86. The van der Waals surface area contributed by atoms with Crippen LogP contribution in [0.3, 0.4) is 0 Å². The fraction of sp³-hybridized carbons (Fsp3) is 0.200. The standard InChI is InChI=1S/C15H10F6N2O5S/c1-28-10-2-3-12(13(7-10)23(24)25)22-29(26,27)11-5-8(14(16,17)18)4-9(6-11)15(19,20)21/h2-7,22H,1H3. The van der Waals surface area contributed by atoms with E-state index in [0.717, 1.165) is 18.2 Å². The maximum Gasteiger partial charge on any atom is 0.416 e. The Morgan fingerprint density at radius 3 is 1.90 bits per heavy atom. The van der Waals surface area contributed by atoms with Crippen molar-refractivity contribution in [3.05, 3.63) is 57.6 Å². The van der Waals surface area contributed by atoms with Crippen LogP contribution in [0.25, 0.3) is 0 Å². The molecule has 0 spiro atoms. The van der Waals surface area contributed by atoms with Crippen LogP contribution in [-0.4, -0.2) is 20.5 Å². The van der Waals surface area contributed by atoms with E-state index in [0.29, 0.717) is 0 Å². The number of alkyl halides is 6. The minimum atomic E-state index is -5.27. The molecule has 0 aliphatic heterocycles. The van der Waals surface area contributed by atoms with Crippen LogP contribution in [0.2, 0.25) is 0 Å². The molecule has 0 radical (unpaired) electrons. The van der Waals surface area contributed by atoms with Crippen molar-refractivity contribution < 1.29 is 44.4 Å². The quantitative estimate of drug-likeness (QED) is 0.418. The van der Waals surface area contributed by atoms with Crippen LogP contribution in [0.15, 0.2) is 41.3 Å². The van der Waals surface area contributed by atoms with Gasteiger partial charge in [-0.2, -0.15) is 26.3 Å². The summed E-state index contributed by atoms with van der Waals surface area (Å²) in [5.74, 6) is -0.0296. The van der Waals surface area contributed by atoms with Crippen molar-refractivity contribution in [1.82, 2.24) is 0 Å². The van der Waals surface area contributed by atoms with Gasteiger partial charge < -0.3 is 4.74 Å². The Morgan fingerprint density at radius 1 is 0.966 bits per heavy atom. The minimum absolute atomic E-state index is 0.00701. The highest BCUT2D eigenvalue weighted by Crippen LogP contribution is 2.38. The lowest BCUT2D eigenvalue weighted by Gasteiger charge is -2.15. The molecule has 0 saturated carbocycles. The van der Waals surface area contributed by atoms with Crippen LogP contribution in [0.1, 0.15) is 11.1 Å². The second-order valence-corrected chi connectivity index (χ2v) is 7.17. The molecular formula is C15H10F6N2O5S. The first kappa shape index (κ1) is 22.3. The van der Waals surface area contributed by atoms with Gasteiger partial charge >= 0.3 is 12.4 Å². The Labute approximate surface area is 159 Å². The number of ether oxygens (including phenoxy) is 1. The summed E-state index contributed by atoms with van der Waals surface area (Å²) in [6.45, 7) is 0. The molecule has 7 nitrogen and oxygen atoms in total. The Morgan fingerprint density at radius 2 is 1.48 bits per heavy atom. The largest absolute Gasteiger partial charge is 0.496 e. The average molecular weight is 444 g/mol. The molecule has 2 aromatic rings. The highest BCUT2D eigenvalue weighted by atomic mass is 32.2. The molecule has 2 rings (SSSR count). The molecule has 0 unspecified atom stereocenters. The molecule has 1 N–H and O–H groups in total. The number of methoxy groups -OCH3 is 1. The lowest BCUT2D eigenvalue weighted by molar-refractivity contribution is -0.384. The molecule has 0 amide bonds. The number of nitro groups is 1. The molecule has 0 bridgehead atoms. The lowest BCUT2D eigenvalue weighted by Crippen LogP contribution is -2.18. The summed E-state index contributed by atoms with van der Waals surface area (Å²) in [6.07, 6.45) is -10.5. The third-order valence-electron chi connectivity index (χ3n) is 3.52. The highest BCUT2D eigenvalue weighted by molar-refractivity contribution is 7.92. The minimum Gasteiger partial charge on any atom is -0.496 e. The van der Waals surface area contributed by atoms with Crippen molar-refractivity contribution in [2.45, 2.75) is 17.2 Å². The summed E-state index contributed by atoms with van der Waals surface area (Å²) < 4.78 is 109. The molecule has 0 aliphatic carbocycles. The van der Waals surface area contributed by atoms with Gasteiger partial charge in [0.05, 0.1) is 34.1 Å². The molecule has 158 valence electrons. The van der Waals surface area contributed by atoms with Gasteiger partial charge in [-0.1, -0.05) is 0 Å². The van der Waals surface area contributed by atoms with Crippen LogP contribution < -0.4 is 9.46 Å². The molecule has 0 aromatic heterocycles. The van der Waals surface area contributed by atoms with Crippen molar-refractivity contribution in [2.24, 2.45) is 0 Å². The molecule has 0 atom stereocenters. The number of nitrogens with zero attached hydrogens (tertiary/aromatic N) is 1. The maximum absolute atomic E-state index is 12.9. The van der Waals surface area contributed by atoms with E-state index >= 15 is 0 Å². The number of halogens is 6. The van der Waals surface area contributed by atoms with E-state index < -0.39 is 54.7 Å². The first-order valence-electron chi connectivity index (χ1n) is 7.30. The van der Waals surface area contributed by atoms with Crippen molar-refractivity contribution in [3.8, 4) is 5.75 Å².